The minimum absolute atomic E-state index is 0.349. The molecule has 2 amide bonds. The average molecular weight is 341 g/mol. The van der Waals surface area contributed by atoms with Gasteiger partial charge in [0.05, 0.1) is 11.4 Å². The second-order valence-corrected chi connectivity index (χ2v) is 6.20. The summed E-state index contributed by atoms with van der Waals surface area (Å²) >= 11 is 5.98. The van der Waals surface area contributed by atoms with Crippen LogP contribution in [0.1, 0.15) is 5.56 Å². The van der Waals surface area contributed by atoms with Crippen molar-refractivity contribution < 1.29 is 9.59 Å². The number of aryl methyl sites for hydroxylation is 1. The number of amides is 2. The molecular formula is C17H13ClN4O2. The van der Waals surface area contributed by atoms with Crippen LogP contribution in [0.4, 0.5) is 11.4 Å². The molecule has 6 nitrogen and oxygen atoms in total. The smallest absolute Gasteiger partial charge is 0.263 e. The highest BCUT2D eigenvalue weighted by molar-refractivity contribution is 6.31. The summed E-state index contributed by atoms with van der Waals surface area (Å²) in [5.74, 6) is -0.733. The Labute approximate surface area is 143 Å². The zero-order valence-electron chi connectivity index (χ0n) is 12.8. The van der Waals surface area contributed by atoms with Crippen molar-refractivity contribution in [3.63, 3.8) is 0 Å². The molecule has 7 heteroatoms. The number of benzene rings is 2. The lowest BCUT2D eigenvalue weighted by atomic mass is 10.1. The van der Waals surface area contributed by atoms with Gasteiger partial charge in [-0.2, -0.15) is 5.11 Å². The van der Waals surface area contributed by atoms with Gasteiger partial charge in [0.1, 0.15) is 0 Å². The number of hydrogen-bond donors (Lipinski definition) is 0. The summed E-state index contributed by atoms with van der Waals surface area (Å²) in [4.78, 5) is 26.6. The average Bonchev–Trinajstić information content (AvgIpc) is 3.09. The van der Waals surface area contributed by atoms with E-state index in [1.54, 1.807) is 24.3 Å². The maximum absolute atomic E-state index is 12.9. The summed E-state index contributed by atoms with van der Waals surface area (Å²) in [6, 6.07) is 12.6. The molecule has 2 aliphatic heterocycles. The molecule has 0 bridgehead atoms. The number of carbonyl (C=O) groups is 2. The van der Waals surface area contributed by atoms with Gasteiger partial charge in [0.15, 0.2) is 12.1 Å². The molecule has 24 heavy (non-hydrogen) atoms. The van der Waals surface area contributed by atoms with E-state index in [4.69, 9.17) is 11.6 Å². The van der Waals surface area contributed by atoms with E-state index >= 15 is 0 Å². The number of fused-ring (bicyclic) bond motifs is 1. The lowest BCUT2D eigenvalue weighted by molar-refractivity contribution is -0.121. The van der Waals surface area contributed by atoms with Gasteiger partial charge < -0.3 is 0 Å². The Morgan fingerprint density at radius 2 is 1.75 bits per heavy atom. The standard InChI is InChI=1S/C17H13ClN4O2/c1-10-5-7-12(8-6-10)22-15-14(19-20-22)16(23)21(17(15)24)13-4-2-3-11(18)9-13/h2-9,14-15H,1H3/t14-,15+/m1/s1. The Morgan fingerprint density at radius 1 is 1.00 bits per heavy atom. The monoisotopic (exact) mass is 340 g/mol. The van der Waals surface area contributed by atoms with Crippen molar-refractivity contribution in [1.82, 2.24) is 0 Å². The molecule has 0 radical (unpaired) electrons. The van der Waals surface area contributed by atoms with Gasteiger partial charge in [-0.3, -0.25) is 9.59 Å². The Balaban J connectivity index is 1.70. The number of halogens is 1. The van der Waals surface area contributed by atoms with Crippen LogP contribution >= 0.6 is 11.6 Å². The molecule has 1 saturated heterocycles. The van der Waals surface area contributed by atoms with Crippen LogP contribution in [0, 0.1) is 6.92 Å². The SMILES string of the molecule is Cc1ccc(N2N=N[C@H]3C(=O)N(c4cccc(Cl)c4)C(=O)[C@H]32)cc1. The van der Waals surface area contributed by atoms with Gasteiger partial charge in [0, 0.05) is 5.02 Å². The lowest BCUT2D eigenvalue weighted by Crippen LogP contribution is -2.39. The van der Waals surface area contributed by atoms with E-state index in [0.29, 0.717) is 10.7 Å². The Morgan fingerprint density at radius 3 is 2.46 bits per heavy atom. The van der Waals surface area contributed by atoms with Crippen LogP contribution in [0.15, 0.2) is 58.9 Å². The molecule has 120 valence electrons. The predicted molar refractivity (Wildman–Crippen MR) is 90.0 cm³/mol. The first-order valence-corrected chi connectivity index (χ1v) is 7.84. The molecule has 0 N–H and O–H groups in total. The van der Waals surface area contributed by atoms with Crippen LogP contribution < -0.4 is 9.91 Å². The number of anilines is 2. The zero-order valence-corrected chi connectivity index (χ0v) is 13.5. The van der Waals surface area contributed by atoms with Crippen molar-refractivity contribution in [2.24, 2.45) is 10.3 Å². The molecule has 2 aliphatic rings. The maximum Gasteiger partial charge on any atom is 0.263 e. The van der Waals surface area contributed by atoms with Crippen molar-refractivity contribution in [2.75, 3.05) is 9.91 Å². The highest BCUT2D eigenvalue weighted by atomic mass is 35.5. The summed E-state index contributed by atoms with van der Waals surface area (Å²) < 4.78 is 0. The van der Waals surface area contributed by atoms with Crippen molar-refractivity contribution in [3.8, 4) is 0 Å². The van der Waals surface area contributed by atoms with Crippen molar-refractivity contribution in [2.45, 2.75) is 19.0 Å². The molecule has 0 saturated carbocycles. The molecule has 1 fully saturated rings. The zero-order chi connectivity index (χ0) is 16.8. The van der Waals surface area contributed by atoms with E-state index in [2.05, 4.69) is 10.3 Å². The number of imide groups is 1. The molecule has 0 unspecified atom stereocenters. The van der Waals surface area contributed by atoms with E-state index in [9.17, 15) is 9.59 Å². The van der Waals surface area contributed by atoms with Gasteiger partial charge in [-0.1, -0.05) is 40.6 Å². The van der Waals surface area contributed by atoms with E-state index in [1.165, 1.54) is 5.01 Å². The third-order valence-corrected chi connectivity index (χ3v) is 4.38. The predicted octanol–water partition coefficient (Wildman–Crippen LogP) is 3.15. The van der Waals surface area contributed by atoms with Crippen LogP contribution in [-0.4, -0.2) is 23.9 Å². The van der Waals surface area contributed by atoms with Crippen LogP contribution in [0.5, 0.6) is 0 Å². The third kappa shape index (κ3) is 2.18. The normalized spacial score (nSPS) is 22.4. The molecule has 0 aromatic heterocycles. The molecular weight excluding hydrogens is 328 g/mol. The maximum atomic E-state index is 12.9. The number of hydrogen-bond acceptors (Lipinski definition) is 5. The van der Waals surface area contributed by atoms with E-state index < -0.39 is 12.1 Å². The number of rotatable bonds is 2. The highest BCUT2D eigenvalue weighted by Crippen LogP contribution is 2.35. The molecule has 2 aromatic rings. The van der Waals surface area contributed by atoms with Gasteiger partial charge in [0.2, 0.25) is 0 Å². The molecule has 0 aliphatic carbocycles. The topological polar surface area (TPSA) is 65.3 Å². The summed E-state index contributed by atoms with van der Waals surface area (Å²) in [5.41, 5.74) is 2.28. The molecule has 2 aromatic carbocycles. The van der Waals surface area contributed by atoms with Gasteiger partial charge in [-0.15, -0.1) is 0 Å². The van der Waals surface area contributed by atoms with E-state index in [-0.39, 0.29) is 11.8 Å². The second kappa shape index (κ2) is 5.42. The number of nitrogens with zero attached hydrogens (tertiary/aromatic N) is 4. The third-order valence-electron chi connectivity index (χ3n) is 4.15. The molecule has 2 atom stereocenters. The second-order valence-electron chi connectivity index (χ2n) is 5.77. The molecule has 2 heterocycles. The fourth-order valence-corrected chi connectivity index (χ4v) is 3.13. The Hall–Kier alpha value is -2.73. The number of carbonyl (C=O) groups excluding carboxylic acids is 2. The van der Waals surface area contributed by atoms with Crippen LogP contribution in [0.25, 0.3) is 0 Å². The van der Waals surface area contributed by atoms with Crippen LogP contribution in [0.3, 0.4) is 0 Å². The van der Waals surface area contributed by atoms with Crippen molar-refractivity contribution in [1.29, 1.82) is 0 Å². The largest absolute Gasteiger partial charge is 0.271 e. The van der Waals surface area contributed by atoms with E-state index in [0.717, 1.165) is 16.2 Å². The van der Waals surface area contributed by atoms with Crippen molar-refractivity contribution in [3.05, 3.63) is 59.1 Å². The van der Waals surface area contributed by atoms with Crippen molar-refractivity contribution >= 4 is 34.8 Å². The highest BCUT2D eigenvalue weighted by Gasteiger charge is 2.55. The first-order chi connectivity index (χ1) is 11.6. The van der Waals surface area contributed by atoms with E-state index in [1.807, 2.05) is 31.2 Å². The minimum Gasteiger partial charge on any atom is -0.271 e. The minimum atomic E-state index is -0.821. The quantitative estimate of drug-likeness (QED) is 0.789. The summed E-state index contributed by atoms with van der Waals surface area (Å²) in [5, 5.41) is 10.0. The fourth-order valence-electron chi connectivity index (χ4n) is 2.94. The Bertz CT molecular complexity index is 865. The van der Waals surface area contributed by atoms with Gasteiger partial charge in [-0.05, 0) is 37.3 Å². The first kappa shape index (κ1) is 14.8. The summed E-state index contributed by atoms with van der Waals surface area (Å²) in [6.45, 7) is 1.98. The first-order valence-electron chi connectivity index (χ1n) is 7.46. The molecule has 4 rings (SSSR count). The summed E-state index contributed by atoms with van der Waals surface area (Å²) in [7, 11) is 0. The van der Waals surface area contributed by atoms with Crippen LogP contribution in [0.2, 0.25) is 5.02 Å². The van der Waals surface area contributed by atoms with Gasteiger partial charge in [-0.25, -0.2) is 9.91 Å². The van der Waals surface area contributed by atoms with Crippen LogP contribution in [-0.2, 0) is 9.59 Å². The van der Waals surface area contributed by atoms with Gasteiger partial charge >= 0.3 is 0 Å². The lowest BCUT2D eigenvalue weighted by Gasteiger charge is -2.20. The summed E-state index contributed by atoms with van der Waals surface area (Å²) in [6.07, 6.45) is 0. The Kier molecular flexibility index (Phi) is 3.35. The van der Waals surface area contributed by atoms with Gasteiger partial charge in [0.25, 0.3) is 11.8 Å². The molecule has 0 spiro atoms. The fraction of sp³-hybridized carbons (Fsp3) is 0.176.